The average molecular weight is 314 g/mol. The maximum atomic E-state index is 11.2. The van der Waals surface area contributed by atoms with Gasteiger partial charge in [-0.25, -0.2) is 0 Å². The molecule has 2 aliphatic heterocycles. The lowest BCUT2D eigenvalue weighted by Crippen LogP contribution is -2.39. The topological polar surface area (TPSA) is 92.2 Å². The van der Waals surface area contributed by atoms with Gasteiger partial charge in [-0.2, -0.15) is 5.26 Å². The molecule has 122 valence electrons. The Balaban J connectivity index is 1.62. The second-order valence-electron chi connectivity index (χ2n) is 6.42. The number of pyridine rings is 1. The first kappa shape index (κ1) is 15.8. The largest absolute Gasteiger partial charge is 0.370 e. The summed E-state index contributed by atoms with van der Waals surface area (Å²) in [7, 11) is 0. The summed E-state index contributed by atoms with van der Waals surface area (Å²) in [6, 6.07) is 4.20. The summed E-state index contributed by atoms with van der Waals surface area (Å²) in [6.07, 6.45) is 5.03. The zero-order valence-corrected chi connectivity index (χ0v) is 13.4. The fourth-order valence-corrected chi connectivity index (χ4v) is 3.62. The van der Waals surface area contributed by atoms with Gasteiger partial charge in [-0.1, -0.05) is 0 Å². The van der Waals surface area contributed by atoms with Crippen LogP contribution in [0, 0.1) is 24.2 Å². The van der Waals surface area contributed by atoms with Crippen LogP contribution in [0.5, 0.6) is 0 Å². The summed E-state index contributed by atoms with van der Waals surface area (Å²) in [4.78, 5) is 17.7. The predicted octanol–water partition coefficient (Wildman–Crippen LogP) is 1.51. The number of aromatic nitrogens is 1. The number of anilines is 1. The van der Waals surface area contributed by atoms with Crippen molar-refractivity contribution in [2.75, 3.05) is 18.0 Å². The van der Waals surface area contributed by atoms with Gasteiger partial charge < -0.3 is 15.4 Å². The first-order valence-corrected chi connectivity index (χ1v) is 8.15. The van der Waals surface area contributed by atoms with Crippen molar-refractivity contribution in [3.8, 4) is 6.07 Å². The van der Waals surface area contributed by atoms with Gasteiger partial charge in [0, 0.05) is 25.0 Å². The van der Waals surface area contributed by atoms with Crippen LogP contribution in [0.15, 0.2) is 12.3 Å². The van der Waals surface area contributed by atoms with Gasteiger partial charge in [-0.05, 0) is 44.6 Å². The summed E-state index contributed by atoms with van der Waals surface area (Å²) < 4.78 is 5.81. The van der Waals surface area contributed by atoms with Gasteiger partial charge in [-0.3, -0.25) is 9.78 Å². The standard InChI is InChI=1S/C17H22N4O2/c1-11-8-14(13(9-18)10-20-11)21-6-4-12(5-7-21)15-2-3-16(23-15)17(19)22/h8,10,12,15-16H,2-7H2,1H3,(H2,19,22)/t15-,16+/m0/s1. The van der Waals surface area contributed by atoms with Crippen molar-refractivity contribution >= 4 is 11.6 Å². The first-order valence-electron chi connectivity index (χ1n) is 8.15. The third kappa shape index (κ3) is 3.30. The van der Waals surface area contributed by atoms with Gasteiger partial charge in [0.15, 0.2) is 0 Å². The molecule has 2 fully saturated rings. The lowest BCUT2D eigenvalue weighted by Gasteiger charge is -2.36. The zero-order chi connectivity index (χ0) is 16.4. The molecule has 2 aliphatic rings. The van der Waals surface area contributed by atoms with Crippen molar-refractivity contribution < 1.29 is 9.53 Å². The molecule has 3 heterocycles. The van der Waals surface area contributed by atoms with Crippen LogP contribution < -0.4 is 10.6 Å². The van der Waals surface area contributed by atoms with Crippen molar-refractivity contribution in [3.05, 3.63) is 23.5 Å². The first-order chi connectivity index (χ1) is 11.1. The molecular weight excluding hydrogens is 292 g/mol. The quantitative estimate of drug-likeness (QED) is 0.913. The summed E-state index contributed by atoms with van der Waals surface area (Å²) in [5.74, 6) is 0.111. The van der Waals surface area contributed by atoms with Crippen LogP contribution in [0.3, 0.4) is 0 Å². The molecule has 3 rings (SSSR count). The molecule has 0 unspecified atom stereocenters. The van der Waals surface area contributed by atoms with Crippen LogP contribution in [0.25, 0.3) is 0 Å². The molecule has 0 spiro atoms. The van der Waals surface area contributed by atoms with E-state index in [0.29, 0.717) is 11.5 Å². The highest BCUT2D eigenvalue weighted by Crippen LogP contribution is 2.33. The molecule has 0 aliphatic carbocycles. The maximum absolute atomic E-state index is 11.2. The van der Waals surface area contributed by atoms with E-state index in [0.717, 1.165) is 50.2 Å². The van der Waals surface area contributed by atoms with E-state index >= 15 is 0 Å². The Hall–Kier alpha value is -2.13. The van der Waals surface area contributed by atoms with E-state index in [1.165, 1.54) is 0 Å². The molecule has 6 nitrogen and oxygen atoms in total. The van der Waals surface area contributed by atoms with Gasteiger partial charge in [-0.15, -0.1) is 0 Å². The lowest BCUT2D eigenvalue weighted by molar-refractivity contribution is -0.130. The lowest BCUT2D eigenvalue weighted by atomic mass is 9.89. The van der Waals surface area contributed by atoms with E-state index in [1.807, 2.05) is 13.0 Å². The molecule has 1 aromatic heterocycles. The molecule has 0 radical (unpaired) electrons. The van der Waals surface area contributed by atoms with Gasteiger partial charge in [0.2, 0.25) is 5.91 Å². The maximum Gasteiger partial charge on any atom is 0.246 e. The van der Waals surface area contributed by atoms with Crippen molar-refractivity contribution in [2.24, 2.45) is 11.7 Å². The molecule has 23 heavy (non-hydrogen) atoms. The number of rotatable bonds is 3. The Bertz CT molecular complexity index is 632. The molecule has 1 amide bonds. The fourth-order valence-electron chi connectivity index (χ4n) is 3.62. The zero-order valence-electron chi connectivity index (χ0n) is 13.4. The summed E-state index contributed by atoms with van der Waals surface area (Å²) in [5, 5.41) is 9.27. The van der Waals surface area contributed by atoms with E-state index in [9.17, 15) is 10.1 Å². The highest BCUT2D eigenvalue weighted by Gasteiger charge is 2.36. The van der Waals surface area contributed by atoms with E-state index in [2.05, 4.69) is 16.0 Å². The normalized spacial score (nSPS) is 25.3. The van der Waals surface area contributed by atoms with E-state index in [-0.39, 0.29) is 12.0 Å². The summed E-state index contributed by atoms with van der Waals surface area (Å²) >= 11 is 0. The number of ether oxygens (including phenoxy) is 1. The van der Waals surface area contributed by atoms with E-state index < -0.39 is 6.10 Å². The van der Waals surface area contributed by atoms with Crippen LogP contribution in [0.1, 0.15) is 36.9 Å². The average Bonchev–Trinajstić information content (AvgIpc) is 3.05. The highest BCUT2D eigenvalue weighted by atomic mass is 16.5. The number of nitrogens with zero attached hydrogens (tertiary/aromatic N) is 3. The van der Waals surface area contributed by atoms with Crippen LogP contribution in [-0.4, -0.2) is 36.2 Å². The van der Waals surface area contributed by atoms with Gasteiger partial charge in [0.05, 0.1) is 17.4 Å². The third-order valence-corrected chi connectivity index (χ3v) is 4.92. The Morgan fingerprint density at radius 3 is 2.74 bits per heavy atom. The number of carbonyl (C=O) groups is 1. The minimum Gasteiger partial charge on any atom is -0.370 e. The molecule has 2 saturated heterocycles. The van der Waals surface area contributed by atoms with Crippen LogP contribution in [0.4, 0.5) is 5.69 Å². The number of piperidine rings is 1. The number of nitrogens with two attached hydrogens (primary N) is 1. The van der Waals surface area contributed by atoms with Crippen LogP contribution in [0.2, 0.25) is 0 Å². The monoisotopic (exact) mass is 314 g/mol. The number of hydrogen-bond acceptors (Lipinski definition) is 5. The number of carbonyl (C=O) groups excluding carboxylic acids is 1. The molecule has 2 N–H and O–H groups in total. The van der Waals surface area contributed by atoms with Crippen molar-refractivity contribution in [2.45, 2.75) is 44.8 Å². The van der Waals surface area contributed by atoms with E-state index in [4.69, 9.17) is 10.5 Å². The Kier molecular flexibility index (Phi) is 4.49. The number of hydrogen-bond donors (Lipinski definition) is 1. The SMILES string of the molecule is Cc1cc(N2CCC([C@@H]3CC[C@H](C(N)=O)O3)CC2)c(C#N)cn1. The highest BCUT2D eigenvalue weighted by molar-refractivity contribution is 5.79. The summed E-state index contributed by atoms with van der Waals surface area (Å²) in [6.45, 7) is 3.72. The van der Waals surface area contributed by atoms with E-state index in [1.54, 1.807) is 6.20 Å². The van der Waals surface area contributed by atoms with Crippen molar-refractivity contribution in [3.63, 3.8) is 0 Å². The second-order valence-corrected chi connectivity index (χ2v) is 6.42. The van der Waals surface area contributed by atoms with Gasteiger partial charge in [0.1, 0.15) is 12.2 Å². The number of aryl methyl sites for hydroxylation is 1. The number of primary amides is 1. The van der Waals surface area contributed by atoms with Crippen molar-refractivity contribution in [1.29, 1.82) is 5.26 Å². The minimum atomic E-state index is -0.411. The third-order valence-electron chi connectivity index (χ3n) is 4.92. The van der Waals surface area contributed by atoms with Gasteiger partial charge >= 0.3 is 0 Å². The fraction of sp³-hybridized carbons (Fsp3) is 0.588. The van der Waals surface area contributed by atoms with Gasteiger partial charge in [0.25, 0.3) is 0 Å². The molecule has 0 saturated carbocycles. The van der Waals surface area contributed by atoms with Crippen LogP contribution >= 0.6 is 0 Å². The smallest absolute Gasteiger partial charge is 0.246 e. The number of nitriles is 1. The predicted molar refractivity (Wildman–Crippen MR) is 85.7 cm³/mol. The minimum absolute atomic E-state index is 0.143. The molecule has 0 aromatic carbocycles. The van der Waals surface area contributed by atoms with Crippen LogP contribution in [-0.2, 0) is 9.53 Å². The molecular formula is C17H22N4O2. The summed E-state index contributed by atoms with van der Waals surface area (Å²) in [5.41, 5.74) is 7.84. The Labute approximate surface area is 136 Å². The molecule has 2 atom stereocenters. The Morgan fingerprint density at radius 2 is 2.13 bits per heavy atom. The second kappa shape index (κ2) is 6.55. The van der Waals surface area contributed by atoms with Crippen molar-refractivity contribution in [1.82, 2.24) is 4.98 Å². The molecule has 1 aromatic rings. The number of amides is 1. The molecule has 6 heteroatoms. The molecule has 0 bridgehead atoms. The Morgan fingerprint density at radius 1 is 1.39 bits per heavy atom.